The van der Waals surface area contributed by atoms with Gasteiger partial charge in [-0.05, 0) is 24.0 Å². The lowest BCUT2D eigenvalue weighted by Crippen LogP contribution is -2.38. The first-order valence-electron chi connectivity index (χ1n) is 7.57. The SMILES string of the molecule is Cl.NC(=O)[C@H](N)Cc1ccccc1.NC(=O)[C@H](N)Cc1ccccc1. The van der Waals surface area contributed by atoms with Gasteiger partial charge in [0.2, 0.25) is 11.8 Å². The summed E-state index contributed by atoms with van der Waals surface area (Å²) in [5.41, 5.74) is 23.1. The standard InChI is InChI=1S/2C9H12N2O.ClH/c2*10-8(9(11)12)6-7-4-2-1-3-5-7;/h2*1-5,8H,6,10H2,(H2,11,12);1H/t2*8-;/m11./s1. The zero-order chi connectivity index (χ0) is 17.9. The van der Waals surface area contributed by atoms with Crippen molar-refractivity contribution in [1.82, 2.24) is 0 Å². The fourth-order valence-electron chi connectivity index (χ4n) is 1.94. The zero-order valence-corrected chi connectivity index (χ0v) is 14.7. The number of carbonyl (C=O) groups is 2. The third-order valence-electron chi connectivity index (χ3n) is 3.33. The highest BCUT2D eigenvalue weighted by Gasteiger charge is 2.09. The van der Waals surface area contributed by atoms with Crippen molar-refractivity contribution < 1.29 is 9.59 Å². The average Bonchev–Trinajstić information content (AvgIpc) is 2.57. The third-order valence-corrected chi connectivity index (χ3v) is 3.33. The lowest BCUT2D eigenvalue weighted by Gasteiger charge is -2.06. The predicted octanol–water partition coefficient (Wildman–Crippen LogP) is 0.505. The van der Waals surface area contributed by atoms with Crippen molar-refractivity contribution >= 4 is 24.2 Å². The van der Waals surface area contributed by atoms with Gasteiger partial charge in [0.1, 0.15) is 0 Å². The summed E-state index contributed by atoms with van der Waals surface area (Å²) in [4.78, 5) is 21.2. The molecular formula is C18H25ClN4O2. The van der Waals surface area contributed by atoms with Gasteiger partial charge >= 0.3 is 0 Å². The minimum Gasteiger partial charge on any atom is -0.368 e. The molecule has 0 saturated heterocycles. The van der Waals surface area contributed by atoms with E-state index < -0.39 is 23.9 Å². The van der Waals surface area contributed by atoms with Gasteiger partial charge in [-0.25, -0.2) is 0 Å². The van der Waals surface area contributed by atoms with Crippen LogP contribution in [0.25, 0.3) is 0 Å². The van der Waals surface area contributed by atoms with Gasteiger partial charge in [-0.1, -0.05) is 60.7 Å². The molecular weight excluding hydrogens is 340 g/mol. The van der Waals surface area contributed by atoms with Gasteiger partial charge < -0.3 is 22.9 Å². The molecule has 0 aliphatic carbocycles. The van der Waals surface area contributed by atoms with Crippen molar-refractivity contribution in [3.05, 3.63) is 71.8 Å². The van der Waals surface area contributed by atoms with Crippen molar-refractivity contribution in [2.75, 3.05) is 0 Å². The summed E-state index contributed by atoms with van der Waals surface area (Å²) in [6, 6.07) is 18.0. The van der Waals surface area contributed by atoms with Crippen LogP contribution in [-0.4, -0.2) is 23.9 Å². The quantitative estimate of drug-likeness (QED) is 0.592. The van der Waals surface area contributed by atoms with E-state index in [1.807, 2.05) is 60.7 Å². The first-order valence-corrected chi connectivity index (χ1v) is 7.57. The largest absolute Gasteiger partial charge is 0.368 e. The molecule has 0 bridgehead atoms. The molecule has 0 spiro atoms. The topological polar surface area (TPSA) is 138 Å². The van der Waals surface area contributed by atoms with Crippen LogP contribution in [0.2, 0.25) is 0 Å². The molecule has 0 saturated carbocycles. The van der Waals surface area contributed by atoms with Crippen LogP contribution in [0.4, 0.5) is 0 Å². The third kappa shape index (κ3) is 9.46. The molecule has 8 N–H and O–H groups in total. The molecule has 0 unspecified atom stereocenters. The molecule has 2 aromatic carbocycles. The molecule has 0 heterocycles. The van der Waals surface area contributed by atoms with Gasteiger partial charge in [0, 0.05) is 0 Å². The Morgan fingerprint density at radius 1 is 0.680 bits per heavy atom. The monoisotopic (exact) mass is 364 g/mol. The number of carbonyl (C=O) groups excluding carboxylic acids is 2. The first-order chi connectivity index (χ1) is 11.4. The summed E-state index contributed by atoms with van der Waals surface area (Å²) in [6.07, 6.45) is 1.02. The minimum absolute atomic E-state index is 0. The Kier molecular flexibility index (Phi) is 10.9. The van der Waals surface area contributed by atoms with Gasteiger partial charge in [0.25, 0.3) is 0 Å². The summed E-state index contributed by atoms with van der Waals surface area (Å²) in [7, 11) is 0. The van der Waals surface area contributed by atoms with E-state index in [9.17, 15) is 9.59 Å². The Bertz CT molecular complexity index is 581. The van der Waals surface area contributed by atoms with Crippen molar-refractivity contribution in [1.29, 1.82) is 0 Å². The van der Waals surface area contributed by atoms with Gasteiger partial charge in [-0.2, -0.15) is 0 Å². The van der Waals surface area contributed by atoms with Gasteiger partial charge in [-0.15, -0.1) is 12.4 Å². The molecule has 0 aliphatic heterocycles. The summed E-state index contributed by atoms with van der Waals surface area (Å²) in [5, 5.41) is 0. The van der Waals surface area contributed by atoms with Crippen LogP contribution in [0.3, 0.4) is 0 Å². The number of rotatable bonds is 6. The number of hydrogen-bond donors (Lipinski definition) is 4. The molecule has 2 atom stereocenters. The fourth-order valence-corrected chi connectivity index (χ4v) is 1.94. The van der Waals surface area contributed by atoms with E-state index in [2.05, 4.69) is 0 Å². The second-order valence-electron chi connectivity index (χ2n) is 5.40. The molecule has 136 valence electrons. The number of halogens is 1. The average molecular weight is 365 g/mol. The zero-order valence-electron chi connectivity index (χ0n) is 13.9. The molecule has 2 amide bonds. The van der Waals surface area contributed by atoms with Crippen LogP contribution in [0, 0.1) is 0 Å². The van der Waals surface area contributed by atoms with Crippen LogP contribution < -0.4 is 22.9 Å². The maximum Gasteiger partial charge on any atom is 0.234 e. The Hall–Kier alpha value is -2.41. The molecule has 0 aromatic heterocycles. The van der Waals surface area contributed by atoms with Crippen LogP contribution in [-0.2, 0) is 22.4 Å². The van der Waals surface area contributed by atoms with Crippen molar-refractivity contribution in [2.24, 2.45) is 22.9 Å². The van der Waals surface area contributed by atoms with Crippen molar-refractivity contribution in [3.63, 3.8) is 0 Å². The molecule has 7 heteroatoms. The number of hydrogen-bond acceptors (Lipinski definition) is 4. The van der Waals surface area contributed by atoms with Crippen molar-refractivity contribution in [3.8, 4) is 0 Å². The minimum atomic E-state index is -0.576. The molecule has 6 nitrogen and oxygen atoms in total. The summed E-state index contributed by atoms with van der Waals surface area (Å²) >= 11 is 0. The maximum atomic E-state index is 10.6. The normalized spacial score (nSPS) is 11.9. The summed E-state index contributed by atoms with van der Waals surface area (Å²) in [5.74, 6) is -0.919. The van der Waals surface area contributed by atoms with Gasteiger partial charge in [-0.3, -0.25) is 9.59 Å². The van der Waals surface area contributed by atoms with E-state index in [0.717, 1.165) is 11.1 Å². The highest BCUT2D eigenvalue weighted by Crippen LogP contribution is 2.01. The van der Waals surface area contributed by atoms with Gasteiger partial charge in [0.05, 0.1) is 12.1 Å². The highest BCUT2D eigenvalue weighted by molar-refractivity contribution is 5.85. The summed E-state index contributed by atoms with van der Waals surface area (Å²) < 4.78 is 0. The van der Waals surface area contributed by atoms with Crippen molar-refractivity contribution in [2.45, 2.75) is 24.9 Å². The van der Waals surface area contributed by atoms with E-state index in [4.69, 9.17) is 22.9 Å². The van der Waals surface area contributed by atoms with Crippen LogP contribution >= 0.6 is 12.4 Å². The van der Waals surface area contributed by atoms with Crippen LogP contribution in [0.1, 0.15) is 11.1 Å². The lowest BCUT2D eigenvalue weighted by atomic mass is 10.1. The predicted molar refractivity (Wildman–Crippen MR) is 102 cm³/mol. The van der Waals surface area contributed by atoms with Crippen LogP contribution in [0.5, 0.6) is 0 Å². The molecule has 0 fully saturated rings. The van der Waals surface area contributed by atoms with E-state index in [1.165, 1.54) is 0 Å². The Morgan fingerprint density at radius 2 is 0.960 bits per heavy atom. The first kappa shape index (κ1) is 22.6. The van der Waals surface area contributed by atoms with E-state index in [1.54, 1.807) is 0 Å². The fraction of sp³-hybridized carbons (Fsp3) is 0.222. The molecule has 25 heavy (non-hydrogen) atoms. The van der Waals surface area contributed by atoms with E-state index in [0.29, 0.717) is 12.8 Å². The summed E-state index contributed by atoms with van der Waals surface area (Å²) in [6.45, 7) is 0. The van der Waals surface area contributed by atoms with Crippen LogP contribution in [0.15, 0.2) is 60.7 Å². The number of primary amides is 2. The van der Waals surface area contributed by atoms with Gasteiger partial charge in [0.15, 0.2) is 0 Å². The second-order valence-corrected chi connectivity index (χ2v) is 5.40. The molecule has 0 aliphatic rings. The van der Waals surface area contributed by atoms with E-state index in [-0.39, 0.29) is 12.4 Å². The highest BCUT2D eigenvalue weighted by atomic mass is 35.5. The second kappa shape index (κ2) is 12.0. The Morgan fingerprint density at radius 3 is 1.20 bits per heavy atom. The lowest BCUT2D eigenvalue weighted by molar-refractivity contribution is -0.120. The Labute approximate surface area is 154 Å². The number of benzene rings is 2. The van der Waals surface area contributed by atoms with E-state index >= 15 is 0 Å². The maximum absolute atomic E-state index is 10.6. The molecule has 0 radical (unpaired) electrons. The molecule has 2 aromatic rings. The Balaban J connectivity index is 0.000000443. The number of amides is 2. The smallest absolute Gasteiger partial charge is 0.234 e. The number of nitrogens with two attached hydrogens (primary N) is 4. The molecule has 2 rings (SSSR count).